The first-order valence-electron chi connectivity index (χ1n) is 6.70. The fourth-order valence-corrected chi connectivity index (χ4v) is 2.79. The van der Waals surface area contributed by atoms with Gasteiger partial charge in [0.15, 0.2) is 0 Å². The van der Waals surface area contributed by atoms with Gasteiger partial charge in [-0.15, -0.1) is 0 Å². The quantitative estimate of drug-likeness (QED) is 0.708. The zero-order valence-corrected chi connectivity index (χ0v) is 13.0. The van der Waals surface area contributed by atoms with Gasteiger partial charge in [-0.05, 0) is 46.3 Å². The Balaban J connectivity index is 0.000000131. The highest BCUT2D eigenvalue weighted by atomic mass is 35.5. The minimum atomic E-state index is -0.762. The van der Waals surface area contributed by atoms with E-state index < -0.39 is 14.2 Å². The minimum Gasteiger partial charge on any atom is -0.423 e. The first-order chi connectivity index (χ1) is 10.5. The topological polar surface area (TPSA) is 58.9 Å². The van der Waals surface area contributed by atoms with Crippen LogP contribution < -0.4 is 10.9 Å². The molecule has 0 fully saturated rings. The van der Waals surface area contributed by atoms with E-state index in [1.165, 1.54) is 0 Å². The van der Waals surface area contributed by atoms with Crippen molar-refractivity contribution in [3.8, 4) is 0 Å². The van der Waals surface area contributed by atoms with Crippen molar-refractivity contribution in [3.63, 3.8) is 0 Å². The lowest BCUT2D eigenvalue weighted by Gasteiger charge is -1.96. The van der Waals surface area contributed by atoms with Gasteiger partial charge >= 0.3 is 14.2 Å². The Bertz CT molecular complexity index is 639. The Kier molecular flexibility index (Phi) is 4.78. The first-order valence-corrected chi connectivity index (χ1v) is 7.46. The summed E-state index contributed by atoms with van der Waals surface area (Å²) in [5, 5.41) is 19.8. The van der Waals surface area contributed by atoms with Crippen molar-refractivity contribution >= 4 is 48.4 Å². The number of benzene rings is 2. The summed E-state index contributed by atoms with van der Waals surface area (Å²) in [6.45, 7) is 0.911. The van der Waals surface area contributed by atoms with Crippen LogP contribution in [-0.2, 0) is 22.5 Å². The van der Waals surface area contributed by atoms with E-state index in [0.717, 1.165) is 22.1 Å². The molecule has 2 aromatic rings. The fraction of sp³-hybridized carbons (Fsp3) is 0.143. The van der Waals surface area contributed by atoms with E-state index in [4.69, 9.17) is 32.5 Å². The molecule has 22 heavy (non-hydrogen) atoms. The second-order valence-corrected chi connectivity index (χ2v) is 5.89. The number of rotatable bonds is 0. The van der Waals surface area contributed by atoms with E-state index in [9.17, 15) is 10.0 Å². The second kappa shape index (κ2) is 6.62. The smallest absolute Gasteiger partial charge is 0.423 e. The molecule has 0 aliphatic carbocycles. The molecule has 4 nitrogen and oxygen atoms in total. The first kappa shape index (κ1) is 15.9. The summed E-state index contributed by atoms with van der Waals surface area (Å²) < 4.78 is 9.95. The lowest BCUT2D eigenvalue weighted by atomic mass is 9.80. The standard InChI is InChI=1S/2C7H6BClO2/c2*9-6-1-2-7-5(3-6)4-11-8(7)10/h2*1-3,10H,4H2. The largest absolute Gasteiger partial charge is 0.491 e. The Hall–Kier alpha value is -1.01. The maximum atomic E-state index is 9.21. The molecule has 0 saturated carbocycles. The lowest BCUT2D eigenvalue weighted by molar-refractivity contribution is 0.275. The molecule has 8 heteroatoms. The van der Waals surface area contributed by atoms with Gasteiger partial charge in [-0.3, -0.25) is 0 Å². The van der Waals surface area contributed by atoms with Gasteiger partial charge in [0, 0.05) is 10.0 Å². The maximum Gasteiger partial charge on any atom is 0.491 e. The van der Waals surface area contributed by atoms with Crippen molar-refractivity contribution in [1.29, 1.82) is 0 Å². The molecule has 2 N–H and O–H groups in total. The van der Waals surface area contributed by atoms with Crippen LogP contribution in [0.2, 0.25) is 10.0 Å². The van der Waals surface area contributed by atoms with Crippen LogP contribution in [0.3, 0.4) is 0 Å². The van der Waals surface area contributed by atoms with E-state index in [1.54, 1.807) is 24.3 Å². The van der Waals surface area contributed by atoms with E-state index in [2.05, 4.69) is 0 Å². The summed E-state index contributed by atoms with van der Waals surface area (Å²) in [6.07, 6.45) is 0. The van der Waals surface area contributed by atoms with Crippen LogP contribution >= 0.6 is 23.2 Å². The molecular formula is C14H12B2Cl2O4. The van der Waals surface area contributed by atoms with E-state index in [1.807, 2.05) is 12.1 Å². The van der Waals surface area contributed by atoms with Crippen molar-refractivity contribution in [2.45, 2.75) is 13.2 Å². The fourth-order valence-electron chi connectivity index (χ4n) is 2.40. The SMILES string of the molecule is OB1OCc2cc(Cl)ccc21.OB1OCc2cc(Cl)ccc21. The normalized spacial score (nSPS) is 15.3. The van der Waals surface area contributed by atoms with Gasteiger partial charge < -0.3 is 19.4 Å². The Morgan fingerprint density at radius 2 is 1.18 bits per heavy atom. The zero-order chi connectivity index (χ0) is 15.7. The van der Waals surface area contributed by atoms with Crippen LogP contribution in [0.4, 0.5) is 0 Å². The highest BCUT2D eigenvalue weighted by Crippen LogP contribution is 2.15. The van der Waals surface area contributed by atoms with Crippen LogP contribution in [0.15, 0.2) is 36.4 Å². The molecule has 2 aromatic carbocycles. The molecule has 0 amide bonds. The average Bonchev–Trinajstić information content (AvgIpc) is 3.03. The van der Waals surface area contributed by atoms with Crippen molar-refractivity contribution in [2.75, 3.05) is 0 Å². The van der Waals surface area contributed by atoms with Crippen LogP contribution in [0.5, 0.6) is 0 Å². The third-order valence-electron chi connectivity index (χ3n) is 3.54. The molecule has 2 heterocycles. The molecule has 0 radical (unpaired) electrons. The zero-order valence-electron chi connectivity index (χ0n) is 11.5. The molecule has 0 unspecified atom stereocenters. The summed E-state index contributed by atoms with van der Waals surface area (Å²) in [6, 6.07) is 10.7. The predicted molar refractivity (Wildman–Crippen MR) is 87.7 cm³/mol. The van der Waals surface area contributed by atoms with Gasteiger partial charge in [-0.25, -0.2) is 0 Å². The van der Waals surface area contributed by atoms with Crippen LogP contribution in [-0.4, -0.2) is 24.3 Å². The molecule has 0 saturated heterocycles. The highest BCUT2D eigenvalue weighted by Gasteiger charge is 2.27. The minimum absolute atomic E-state index is 0.455. The Labute approximate surface area is 138 Å². The summed E-state index contributed by atoms with van der Waals surface area (Å²) in [7, 11) is -1.52. The molecule has 2 aliphatic rings. The number of hydrogen-bond donors (Lipinski definition) is 2. The van der Waals surface area contributed by atoms with E-state index >= 15 is 0 Å². The molecule has 4 rings (SSSR count). The number of halogens is 2. The second-order valence-electron chi connectivity index (χ2n) is 5.01. The molecule has 0 bridgehead atoms. The number of hydrogen-bond acceptors (Lipinski definition) is 4. The van der Waals surface area contributed by atoms with Crippen LogP contribution in [0, 0.1) is 0 Å². The predicted octanol–water partition coefficient (Wildman–Crippen LogP) is 1.12. The summed E-state index contributed by atoms with van der Waals surface area (Å²) >= 11 is 11.5. The monoisotopic (exact) mass is 336 g/mol. The molecule has 0 atom stereocenters. The van der Waals surface area contributed by atoms with Crippen LogP contribution in [0.25, 0.3) is 0 Å². The van der Waals surface area contributed by atoms with Crippen molar-refractivity contribution < 1.29 is 19.4 Å². The lowest BCUT2D eigenvalue weighted by Crippen LogP contribution is -2.27. The summed E-state index contributed by atoms with van der Waals surface area (Å²) in [5.74, 6) is 0. The van der Waals surface area contributed by atoms with E-state index in [0.29, 0.717) is 23.3 Å². The molecule has 0 aromatic heterocycles. The summed E-state index contributed by atoms with van der Waals surface area (Å²) in [4.78, 5) is 0. The molecule has 2 aliphatic heterocycles. The Morgan fingerprint density at radius 3 is 1.59 bits per heavy atom. The van der Waals surface area contributed by atoms with Gasteiger partial charge in [0.2, 0.25) is 0 Å². The molecule has 112 valence electrons. The summed E-state index contributed by atoms with van der Waals surface area (Å²) in [5.41, 5.74) is 3.61. The third kappa shape index (κ3) is 3.33. The molecule has 0 spiro atoms. The molecular weight excluding hydrogens is 325 g/mol. The number of fused-ring (bicyclic) bond motifs is 2. The van der Waals surface area contributed by atoms with Gasteiger partial charge in [-0.1, -0.05) is 35.3 Å². The van der Waals surface area contributed by atoms with Crippen molar-refractivity contribution in [1.82, 2.24) is 0 Å². The van der Waals surface area contributed by atoms with Gasteiger partial charge in [-0.2, -0.15) is 0 Å². The highest BCUT2D eigenvalue weighted by molar-refractivity contribution is 6.62. The average molecular weight is 337 g/mol. The Morgan fingerprint density at radius 1 is 0.773 bits per heavy atom. The third-order valence-corrected chi connectivity index (χ3v) is 4.01. The van der Waals surface area contributed by atoms with Gasteiger partial charge in [0.1, 0.15) is 0 Å². The van der Waals surface area contributed by atoms with Gasteiger partial charge in [0.05, 0.1) is 13.2 Å². The maximum absolute atomic E-state index is 9.21. The van der Waals surface area contributed by atoms with E-state index in [-0.39, 0.29) is 0 Å². The van der Waals surface area contributed by atoms with Crippen molar-refractivity contribution in [2.24, 2.45) is 0 Å². The van der Waals surface area contributed by atoms with Crippen molar-refractivity contribution in [3.05, 3.63) is 57.6 Å². The van der Waals surface area contributed by atoms with Gasteiger partial charge in [0.25, 0.3) is 0 Å². The van der Waals surface area contributed by atoms with Crippen LogP contribution in [0.1, 0.15) is 11.1 Å².